The van der Waals surface area contributed by atoms with E-state index >= 15 is 0 Å². The Balaban J connectivity index is 1.33. The summed E-state index contributed by atoms with van der Waals surface area (Å²) in [6.45, 7) is 5.34. The van der Waals surface area contributed by atoms with Crippen molar-refractivity contribution in [2.75, 3.05) is 13.1 Å². The second-order valence-electron chi connectivity index (χ2n) is 9.46. The Kier molecular flexibility index (Phi) is 6.81. The predicted molar refractivity (Wildman–Crippen MR) is 126 cm³/mol. The third-order valence-corrected chi connectivity index (χ3v) is 6.80. The quantitative estimate of drug-likeness (QED) is 0.598. The molecule has 2 atom stereocenters. The van der Waals surface area contributed by atoms with Gasteiger partial charge >= 0.3 is 0 Å². The van der Waals surface area contributed by atoms with Gasteiger partial charge in [-0.2, -0.15) is 10.1 Å². The highest BCUT2D eigenvalue weighted by atomic mass is 16.2. The molecule has 0 saturated carbocycles. The van der Waals surface area contributed by atoms with Crippen LogP contribution in [0.25, 0.3) is 0 Å². The first kappa shape index (κ1) is 23.0. The first-order chi connectivity index (χ1) is 15.8. The molecule has 3 heterocycles. The van der Waals surface area contributed by atoms with Gasteiger partial charge in [-0.15, -0.1) is 0 Å². The maximum Gasteiger partial charge on any atom is 0.260 e. The van der Waals surface area contributed by atoms with Gasteiger partial charge in [0.2, 0.25) is 5.91 Å². The Morgan fingerprint density at radius 1 is 1.15 bits per heavy atom. The number of fused-ring (bicyclic) bond motifs is 1. The van der Waals surface area contributed by atoms with Crippen molar-refractivity contribution in [2.45, 2.75) is 39.5 Å². The lowest BCUT2D eigenvalue weighted by atomic mass is 9.86. The molecule has 1 aromatic heterocycles. The highest BCUT2D eigenvalue weighted by Crippen LogP contribution is 2.27. The number of Topliss-reactive ketones (excluding diaryl/α,β-unsaturated/α-hetero) is 1. The zero-order valence-electron chi connectivity index (χ0n) is 19.5. The van der Waals surface area contributed by atoms with Crippen molar-refractivity contribution in [3.63, 3.8) is 0 Å². The number of aromatic nitrogens is 2. The number of rotatable bonds is 7. The fourth-order valence-corrected chi connectivity index (χ4v) is 4.62. The maximum atomic E-state index is 13.1. The minimum Gasteiger partial charge on any atom is -0.343 e. The van der Waals surface area contributed by atoms with Crippen LogP contribution in [0.4, 0.5) is 0 Å². The number of ketones is 1. The Morgan fingerprint density at radius 2 is 1.91 bits per heavy atom. The second kappa shape index (κ2) is 9.77. The third kappa shape index (κ3) is 5.26. The molecule has 8 nitrogen and oxygen atoms in total. The number of piperidine rings is 1. The molecule has 0 N–H and O–H groups in total. The van der Waals surface area contributed by atoms with Crippen LogP contribution in [0.5, 0.6) is 0 Å². The summed E-state index contributed by atoms with van der Waals surface area (Å²) in [4.78, 5) is 48.8. The van der Waals surface area contributed by atoms with E-state index in [2.05, 4.69) is 28.9 Å². The first-order valence-electron chi connectivity index (χ1n) is 11.7. The standard InChI is InChI=1S/C25H31N5O3/c1-16(2)18(12-22-27-21-7-5-4-6-20(21)25(33)28-22)13-23(31)30-10-8-17(9-11-30)24(32)19-14-26-29(3)15-19/h4-7,14-18,20H,8-13H2,1-3H3/t18-,20?/m1/s1. The molecule has 0 spiro atoms. The minimum atomic E-state index is -0.381. The van der Waals surface area contributed by atoms with Crippen molar-refractivity contribution in [1.29, 1.82) is 0 Å². The number of hydrogen-bond donors (Lipinski definition) is 0. The summed E-state index contributed by atoms with van der Waals surface area (Å²) in [5.74, 6) is 0.368. The summed E-state index contributed by atoms with van der Waals surface area (Å²) < 4.78 is 1.63. The van der Waals surface area contributed by atoms with Gasteiger partial charge in [0.15, 0.2) is 5.78 Å². The first-order valence-corrected chi connectivity index (χ1v) is 11.7. The molecule has 0 bridgehead atoms. The molecule has 1 aromatic rings. The fourth-order valence-electron chi connectivity index (χ4n) is 4.62. The molecule has 2 amide bonds. The summed E-state index contributed by atoms with van der Waals surface area (Å²) in [5, 5.41) is 4.08. The highest BCUT2D eigenvalue weighted by molar-refractivity contribution is 6.21. The van der Waals surface area contributed by atoms with Crippen LogP contribution in [-0.2, 0) is 16.6 Å². The van der Waals surface area contributed by atoms with E-state index < -0.39 is 0 Å². The molecule has 8 heteroatoms. The average Bonchev–Trinajstić information content (AvgIpc) is 3.24. The van der Waals surface area contributed by atoms with E-state index in [1.165, 1.54) is 0 Å². The number of hydrogen-bond acceptors (Lipinski definition) is 5. The Bertz CT molecular complexity index is 1050. The number of aryl methyl sites for hydroxylation is 1. The fraction of sp³-hybridized carbons (Fsp3) is 0.520. The number of likely N-dealkylation sites (tertiary alicyclic amines) is 1. The van der Waals surface area contributed by atoms with E-state index in [4.69, 9.17) is 0 Å². The van der Waals surface area contributed by atoms with Gasteiger partial charge in [0.1, 0.15) is 11.8 Å². The summed E-state index contributed by atoms with van der Waals surface area (Å²) in [6.07, 6.45) is 13.0. The smallest absolute Gasteiger partial charge is 0.260 e. The minimum absolute atomic E-state index is 0.0443. The Hall–Kier alpha value is -3.16. The second-order valence-corrected chi connectivity index (χ2v) is 9.46. The van der Waals surface area contributed by atoms with Crippen LogP contribution in [-0.4, -0.2) is 56.9 Å². The van der Waals surface area contributed by atoms with Crippen LogP contribution in [0.2, 0.25) is 0 Å². The van der Waals surface area contributed by atoms with Gasteiger partial charge in [0.05, 0.1) is 17.5 Å². The molecule has 1 unspecified atom stereocenters. The summed E-state index contributed by atoms with van der Waals surface area (Å²) in [7, 11) is 1.80. The van der Waals surface area contributed by atoms with Crippen molar-refractivity contribution >= 4 is 29.1 Å². The van der Waals surface area contributed by atoms with Crippen LogP contribution < -0.4 is 0 Å². The van der Waals surface area contributed by atoms with E-state index in [1.807, 2.05) is 29.2 Å². The van der Waals surface area contributed by atoms with Crippen LogP contribution in [0, 0.1) is 23.7 Å². The van der Waals surface area contributed by atoms with E-state index in [0.29, 0.717) is 50.2 Å². The van der Waals surface area contributed by atoms with Crippen molar-refractivity contribution in [2.24, 2.45) is 40.7 Å². The number of amidine groups is 1. The monoisotopic (exact) mass is 449 g/mol. The molecule has 0 aromatic carbocycles. The largest absolute Gasteiger partial charge is 0.343 e. The molecule has 174 valence electrons. The normalized spacial score (nSPS) is 21.6. The maximum absolute atomic E-state index is 13.1. The molecule has 33 heavy (non-hydrogen) atoms. The molecule has 3 aliphatic rings. The van der Waals surface area contributed by atoms with Gasteiger partial charge in [-0.3, -0.25) is 19.1 Å². The molecule has 1 fully saturated rings. The average molecular weight is 450 g/mol. The predicted octanol–water partition coefficient (Wildman–Crippen LogP) is 3.02. The molecule has 1 aliphatic carbocycles. The van der Waals surface area contributed by atoms with Crippen LogP contribution >= 0.6 is 0 Å². The molecular formula is C25H31N5O3. The van der Waals surface area contributed by atoms with E-state index in [-0.39, 0.29) is 41.3 Å². The lowest BCUT2D eigenvalue weighted by Crippen LogP contribution is -2.41. The number of allylic oxidation sites excluding steroid dienone is 3. The van der Waals surface area contributed by atoms with Gasteiger partial charge in [0.25, 0.3) is 5.91 Å². The highest BCUT2D eigenvalue weighted by Gasteiger charge is 2.32. The zero-order chi connectivity index (χ0) is 23.5. The van der Waals surface area contributed by atoms with Gasteiger partial charge in [-0.05, 0) is 30.8 Å². The van der Waals surface area contributed by atoms with Crippen molar-refractivity contribution in [3.8, 4) is 0 Å². The van der Waals surface area contributed by atoms with Crippen molar-refractivity contribution in [3.05, 3.63) is 42.3 Å². The SMILES string of the molecule is CC(C)[C@@H](CC(=O)N1CCC(C(=O)c2cnn(C)c2)CC1)CC1=NC(=O)C2C=CC=CC2=N1. The number of amides is 2. The van der Waals surface area contributed by atoms with E-state index in [1.54, 1.807) is 24.1 Å². The third-order valence-electron chi connectivity index (χ3n) is 6.80. The lowest BCUT2D eigenvalue weighted by molar-refractivity contribution is -0.133. The summed E-state index contributed by atoms with van der Waals surface area (Å²) in [6, 6.07) is 0. The molecule has 2 aliphatic heterocycles. The number of aliphatic imine (C=N–C) groups is 2. The molecule has 4 rings (SSSR count). The number of carbonyl (C=O) groups excluding carboxylic acids is 3. The topological polar surface area (TPSA) is 97.0 Å². The van der Waals surface area contributed by atoms with Gasteiger partial charge in [-0.25, -0.2) is 4.99 Å². The summed E-state index contributed by atoms with van der Waals surface area (Å²) in [5.41, 5.74) is 1.36. The zero-order valence-corrected chi connectivity index (χ0v) is 19.5. The van der Waals surface area contributed by atoms with Crippen LogP contribution in [0.3, 0.4) is 0 Å². The number of nitrogens with zero attached hydrogens (tertiary/aromatic N) is 5. The molecular weight excluding hydrogens is 418 g/mol. The molecule has 0 radical (unpaired) electrons. The summed E-state index contributed by atoms with van der Waals surface area (Å²) >= 11 is 0. The number of carbonyl (C=O) groups is 3. The lowest BCUT2D eigenvalue weighted by Gasteiger charge is -2.33. The molecule has 1 saturated heterocycles. The van der Waals surface area contributed by atoms with Gasteiger partial charge < -0.3 is 4.90 Å². The van der Waals surface area contributed by atoms with E-state index in [9.17, 15) is 14.4 Å². The Morgan fingerprint density at radius 3 is 2.58 bits per heavy atom. The van der Waals surface area contributed by atoms with Gasteiger partial charge in [-0.1, -0.05) is 32.1 Å². The van der Waals surface area contributed by atoms with Crippen LogP contribution in [0.15, 0.2) is 46.7 Å². The van der Waals surface area contributed by atoms with Gasteiger partial charge in [0, 0.05) is 45.1 Å². The van der Waals surface area contributed by atoms with Crippen LogP contribution in [0.1, 0.15) is 49.9 Å². The van der Waals surface area contributed by atoms with Crippen molar-refractivity contribution in [1.82, 2.24) is 14.7 Å². The Labute approximate surface area is 194 Å². The van der Waals surface area contributed by atoms with E-state index in [0.717, 1.165) is 5.71 Å². The van der Waals surface area contributed by atoms with Crippen molar-refractivity contribution < 1.29 is 14.4 Å².